The number of hydrogen-bond acceptors (Lipinski definition) is 2. The van der Waals surface area contributed by atoms with Crippen LogP contribution in [0.2, 0.25) is 0 Å². The maximum atomic E-state index is 13.1. The maximum absolute atomic E-state index is 13.1. The van der Waals surface area contributed by atoms with Crippen molar-refractivity contribution in [1.29, 1.82) is 0 Å². The Morgan fingerprint density at radius 2 is 2.00 bits per heavy atom. The van der Waals surface area contributed by atoms with E-state index in [0.29, 0.717) is 6.54 Å². The first-order chi connectivity index (χ1) is 5.29. The summed E-state index contributed by atoms with van der Waals surface area (Å²) in [6, 6.07) is 0.116. The van der Waals surface area contributed by atoms with Gasteiger partial charge in [0, 0.05) is 13.1 Å². The zero-order valence-corrected chi connectivity index (χ0v) is 7.31. The van der Waals surface area contributed by atoms with Gasteiger partial charge < -0.3 is 5.32 Å². The summed E-state index contributed by atoms with van der Waals surface area (Å²) < 4.78 is 13.1. The minimum absolute atomic E-state index is 0.116. The minimum Gasteiger partial charge on any atom is -0.312 e. The Hall–Kier alpha value is -0.150. The summed E-state index contributed by atoms with van der Waals surface area (Å²) >= 11 is 0. The van der Waals surface area contributed by atoms with Crippen LogP contribution in [0.3, 0.4) is 0 Å². The van der Waals surface area contributed by atoms with Crippen LogP contribution in [0.15, 0.2) is 0 Å². The Balaban J connectivity index is 2.43. The zero-order valence-electron chi connectivity index (χ0n) is 7.31. The average molecular weight is 160 g/mol. The van der Waals surface area contributed by atoms with Gasteiger partial charge in [-0.3, -0.25) is 4.90 Å². The highest BCUT2D eigenvalue weighted by Gasteiger charge is 2.30. The van der Waals surface area contributed by atoms with Gasteiger partial charge in [0.25, 0.3) is 0 Å². The molecule has 1 aliphatic rings. The summed E-state index contributed by atoms with van der Waals surface area (Å²) in [6.45, 7) is 7.39. The molecule has 1 N–H and O–H groups in total. The number of rotatable bonds is 3. The number of likely N-dealkylation sites (N-methyl/N-ethyl adjacent to an activating group) is 1. The molecular weight excluding hydrogens is 143 g/mol. The van der Waals surface area contributed by atoms with Crippen molar-refractivity contribution in [3.8, 4) is 0 Å². The van der Waals surface area contributed by atoms with Gasteiger partial charge in [-0.15, -0.1) is 0 Å². The Morgan fingerprint density at radius 1 is 1.36 bits per heavy atom. The quantitative estimate of drug-likeness (QED) is 0.651. The lowest BCUT2D eigenvalue weighted by atomic mass is 10.2. The number of halogens is 1. The van der Waals surface area contributed by atoms with Crippen LogP contribution in [0.1, 0.15) is 13.8 Å². The molecule has 11 heavy (non-hydrogen) atoms. The highest BCUT2D eigenvalue weighted by molar-refractivity contribution is 4.87. The molecule has 1 fully saturated rings. The number of nitrogens with zero attached hydrogens (tertiary/aromatic N) is 1. The molecule has 3 heteroatoms. The molecule has 0 unspecified atom stereocenters. The Kier molecular flexibility index (Phi) is 3.27. The second-order valence-electron chi connectivity index (χ2n) is 2.96. The summed E-state index contributed by atoms with van der Waals surface area (Å²) in [4.78, 5) is 2.17. The Bertz CT molecular complexity index is 115. The minimum atomic E-state index is -0.671. The van der Waals surface area contributed by atoms with Gasteiger partial charge in [0.05, 0.1) is 6.04 Å². The lowest BCUT2D eigenvalue weighted by molar-refractivity contribution is 0.157. The molecule has 0 amide bonds. The molecule has 0 aromatic heterocycles. The number of nitrogens with one attached hydrogen (secondary N) is 1. The van der Waals surface area contributed by atoms with Crippen LogP contribution in [-0.2, 0) is 0 Å². The van der Waals surface area contributed by atoms with Crippen LogP contribution in [0.25, 0.3) is 0 Å². The molecule has 0 aliphatic carbocycles. The summed E-state index contributed by atoms with van der Waals surface area (Å²) in [6.07, 6.45) is -0.671. The fraction of sp³-hybridized carbons (Fsp3) is 1.00. The van der Waals surface area contributed by atoms with Gasteiger partial charge in [-0.2, -0.15) is 0 Å². The van der Waals surface area contributed by atoms with Gasteiger partial charge in [0.15, 0.2) is 0 Å². The van der Waals surface area contributed by atoms with E-state index in [-0.39, 0.29) is 6.04 Å². The first-order valence-electron chi connectivity index (χ1n) is 4.38. The van der Waals surface area contributed by atoms with Gasteiger partial charge in [-0.05, 0) is 13.1 Å². The third kappa shape index (κ3) is 1.91. The van der Waals surface area contributed by atoms with E-state index in [2.05, 4.69) is 24.1 Å². The van der Waals surface area contributed by atoms with Crippen molar-refractivity contribution < 1.29 is 4.39 Å². The van der Waals surface area contributed by atoms with Gasteiger partial charge in [0.2, 0.25) is 0 Å². The smallest absolute Gasteiger partial charge is 0.129 e. The molecule has 0 aromatic rings. The third-order valence-electron chi connectivity index (χ3n) is 2.39. The van der Waals surface area contributed by atoms with Crippen molar-refractivity contribution in [1.82, 2.24) is 10.2 Å². The van der Waals surface area contributed by atoms with Gasteiger partial charge in [-0.1, -0.05) is 13.8 Å². The monoisotopic (exact) mass is 160 g/mol. The molecule has 66 valence electrons. The standard InChI is InChI=1S/C8H17FN2/c1-3-11(4-2)8-6-10-5-7(8)9/h7-8,10H,3-6H2,1-2H3/t7-,8+/m1/s1. The predicted molar refractivity (Wildman–Crippen MR) is 44.5 cm³/mol. The fourth-order valence-corrected chi connectivity index (χ4v) is 1.68. The van der Waals surface area contributed by atoms with Crippen LogP contribution in [0, 0.1) is 0 Å². The van der Waals surface area contributed by atoms with Gasteiger partial charge >= 0.3 is 0 Å². The van der Waals surface area contributed by atoms with Crippen LogP contribution in [0.4, 0.5) is 4.39 Å². The fourth-order valence-electron chi connectivity index (χ4n) is 1.68. The van der Waals surface area contributed by atoms with Gasteiger partial charge in [0.1, 0.15) is 6.17 Å². The van der Waals surface area contributed by atoms with Crippen molar-refractivity contribution in [2.75, 3.05) is 26.2 Å². The summed E-state index contributed by atoms with van der Waals surface area (Å²) in [5.74, 6) is 0. The van der Waals surface area contributed by atoms with Crippen molar-refractivity contribution >= 4 is 0 Å². The van der Waals surface area contributed by atoms with E-state index >= 15 is 0 Å². The molecule has 1 aliphatic heterocycles. The maximum Gasteiger partial charge on any atom is 0.129 e. The molecule has 1 rings (SSSR count). The molecule has 0 bridgehead atoms. The summed E-state index contributed by atoms with van der Waals surface area (Å²) in [5, 5.41) is 3.05. The molecule has 2 nitrogen and oxygen atoms in total. The Morgan fingerprint density at radius 3 is 2.36 bits per heavy atom. The lowest BCUT2D eigenvalue weighted by Crippen LogP contribution is -2.41. The lowest BCUT2D eigenvalue weighted by Gasteiger charge is -2.26. The molecule has 1 saturated heterocycles. The molecule has 1 heterocycles. The largest absolute Gasteiger partial charge is 0.312 e. The van der Waals surface area contributed by atoms with Crippen molar-refractivity contribution in [2.24, 2.45) is 0 Å². The zero-order chi connectivity index (χ0) is 8.27. The van der Waals surface area contributed by atoms with Crippen LogP contribution in [0.5, 0.6) is 0 Å². The molecule has 0 saturated carbocycles. The number of alkyl halides is 1. The highest BCUT2D eigenvalue weighted by Crippen LogP contribution is 2.11. The van der Waals surface area contributed by atoms with E-state index in [1.807, 2.05) is 0 Å². The predicted octanol–water partition coefficient (Wildman–Crippen LogP) is 0.638. The van der Waals surface area contributed by atoms with Crippen LogP contribution in [-0.4, -0.2) is 43.3 Å². The van der Waals surface area contributed by atoms with E-state index in [4.69, 9.17) is 0 Å². The van der Waals surface area contributed by atoms with E-state index in [1.54, 1.807) is 0 Å². The Labute approximate surface area is 67.8 Å². The highest BCUT2D eigenvalue weighted by atomic mass is 19.1. The van der Waals surface area contributed by atoms with E-state index in [0.717, 1.165) is 19.6 Å². The van der Waals surface area contributed by atoms with Crippen molar-refractivity contribution in [3.05, 3.63) is 0 Å². The van der Waals surface area contributed by atoms with Crippen molar-refractivity contribution in [2.45, 2.75) is 26.1 Å². The third-order valence-corrected chi connectivity index (χ3v) is 2.39. The molecule has 0 spiro atoms. The van der Waals surface area contributed by atoms with E-state index < -0.39 is 6.17 Å². The topological polar surface area (TPSA) is 15.3 Å². The van der Waals surface area contributed by atoms with E-state index in [9.17, 15) is 4.39 Å². The van der Waals surface area contributed by atoms with E-state index in [1.165, 1.54) is 0 Å². The summed E-state index contributed by atoms with van der Waals surface area (Å²) in [7, 11) is 0. The first kappa shape index (κ1) is 8.94. The summed E-state index contributed by atoms with van der Waals surface area (Å²) in [5.41, 5.74) is 0. The van der Waals surface area contributed by atoms with Crippen LogP contribution < -0.4 is 5.32 Å². The molecule has 0 radical (unpaired) electrons. The molecule has 0 aromatic carbocycles. The number of hydrogen-bond donors (Lipinski definition) is 1. The van der Waals surface area contributed by atoms with Crippen LogP contribution >= 0.6 is 0 Å². The second-order valence-corrected chi connectivity index (χ2v) is 2.96. The van der Waals surface area contributed by atoms with Crippen molar-refractivity contribution in [3.63, 3.8) is 0 Å². The average Bonchev–Trinajstić information content (AvgIpc) is 2.40. The SMILES string of the molecule is CCN(CC)[C@H]1CNC[C@H]1F. The second kappa shape index (κ2) is 4.02. The van der Waals surface area contributed by atoms with Gasteiger partial charge in [-0.25, -0.2) is 4.39 Å². The first-order valence-corrected chi connectivity index (χ1v) is 4.38. The normalized spacial score (nSPS) is 31.6. The molecule has 2 atom stereocenters. The molecular formula is C8H17FN2.